The first-order chi connectivity index (χ1) is 10.9. The Morgan fingerprint density at radius 1 is 1.04 bits per heavy atom. The molecule has 23 heavy (non-hydrogen) atoms. The molecule has 5 heteroatoms. The topological polar surface area (TPSA) is 55.4 Å². The van der Waals surface area contributed by atoms with E-state index in [4.69, 9.17) is 4.74 Å². The van der Waals surface area contributed by atoms with E-state index in [0.717, 1.165) is 22.4 Å². The van der Waals surface area contributed by atoms with Crippen molar-refractivity contribution in [2.75, 3.05) is 6.61 Å². The summed E-state index contributed by atoms with van der Waals surface area (Å²) >= 11 is 0. The van der Waals surface area contributed by atoms with Crippen molar-refractivity contribution in [1.82, 2.24) is 4.72 Å². The maximum absolute atomic E-state index is 12.3. The molecule has 4 nitrogen and oxygen atoms in total. The largest absolute Gasteiger partial charge is 0.494 e. The summed E-state index contributed by atoms with van der Waals surface area (Å²) in [5, 5.41) is 0. The summed E-state index contributed by atoms with van der Waals surface area (Å²) in [7, 11) is -3.40. The number of aryl methyl sites for hydroxylation is 1. The molecule has 0 radical (unpaired) electrons. The Bertz CT molecular complexity index is 722. The molecule has 0 aromatic heterocycles. The Balaban J connectivity index is 2.02. The van der Waals surface area contributed by atoms with Crippen LogP contribution in [0.3, 0.4) is 0 Å². The van der Waals surface area contributed by atoms with Gasteiger partial charge in [0.2, 0.25) is 10.0 Å². The van der Waals surface area contributed by atoms with Crippen LogP contribution < -0.4 is 9.46 Å². The Hall–Kier alpha value is -1.85. The van der Waals surface area contributed by atoms with Crippen LogP contribution in [0.2, 0.25) is 0 Å². The summed E-state index contributed by atoms with van der Waals surface area (Å²) in [5.41, 5.74) is 2.80. The second-order valence-electron chi connectivity index (χ2n) is 5.59. The second kappa shape index (κ2) is 7.62. The van der Waals surface area contributed by atoms with Gasteiger partial charge in [-0.2, -0.15) is 0 Å². The summed E-state index contributed by atoms with van der Waals surface area (Å²) in [5.74, 6) is 0.764. The first-order valence-corrected chi connectivity index (χ1v) is 9.33. The molecule has 0 fully saturated rings. The summed E-state index contributed by atoms with van der Waals surface area (Å²) in [6.45, 7) is 6.35. The summed E-state index contributed by atoms with van der Waals surface area (Å²) in [4.78, 5) is 0. The summed E-state index contributed by atoms with van der Waals surface area (Å²) < 4.78 is 32.7. The Kier molecular flexibility index (Phi) is 5.80. The van der Waals surface area contributed by atoms with Gasteiger partial charge in [-0.1, -0.05) is 42.0 Å². The van der Waals surface area contributed by atoms with Gasteiger partial charge in [0.1, 0.15) is 5.75 Å². The molecular formula is C18H23NO3S. The molecule has 0 heterocycles. The third-order valence-corrected chi connectivity index (χ3v) is 4.95. The van der Waals surface area contributed by atoms with E-state index in [2.05, 4.69) is 4.72 Å². The van der Waals surface area contributed by atoms with Crippen molar-refractivity contribution >= 4 is 10.0 Å². The first kappa shape index (κ1) is 17.5. The van der Waals surface area contributed by atoms with Gasteiger partial charge in [0.25, 0.3) is 0 Å². The monoisotopic (exact) mass is 333 g/mol. The molecule has 0 spiro atoms. The van der Waals surface area contributed by atoms with Crippen LogP contribution in [0.15, 0.2) is 48.5 Å². The molecule has 0 aliphatic carbocycles. The van der Waals surface area contributed by atoms with E-state index in [9.17, 15) is 8.42 Å². The van der Waals surface area contributed by atoms with Crippen LogP contribution in [0.25, 0.3) is 0 Å². The van der Waals surface area contributed by atoms with E-state index in [-0.39, 0.29) is 11.8 Å². The Morgan fingerprint density at radius 2 is 1.65 bits per heavy atom. The molecule has 1 atom stereocenters. The van der Waals surface area contributed by atoms with Crippen molar-refractivity contribution in [3.05, 3.63) is 65.2 Å². The third-order valence-electron chi connectivity index (χ3n) is 3.52. The molecule has 124 valence electrons. The van der Waals surface area contributed by atoms with Gasteiger partial charge in [-0.3, -0.25) is 0 Å². The van der Waals surface area contributed by atoms with E-state index in [1.165, 1.54) is 0 Å². The summed E-state index contributed by atoms with van der Waals surface area (Å²) in [6, 6.07) is 14.7. The highest BCUT2D eigenvalue weighted by Gasteiger charge is 2.16. The summed E-state index contributed by atoms with van der Waals surface area (Å²) in [6.07, 6.45) is 0. The molecular weight excluding hydrogens is 310 g/mol. The van der Waals surface area contributed by atoms with Gasteiger partial charge < -0.3 is 4.74 Å². The average Bonchev–Trinajstić information content (AvgIpc) is 2.50. The van der Waals surface area contributed by atoms with Gasteiger partial charge in [-0.25, -0.2) is 13.1 Å². The molecule has 0 aliphatic rings. The van der Waals surface area contributed by atoms with Crippen LogP contribution in [-0.4, -0.2) is 15.0 Å². The van der Waals surface area contributed by atoms with Crippen molar-refractivity contribution in [2.24, 2.45) is 0 Å². The Labute approximate surface area is 138 Å². The zero-order valence-corrected chi connectivity index (χ0v) is 14.6. The van der Waals surface area contributed by atoms with Gasteiger partial charge in [-0.05, 0) is 44.0 Å². The maximum Gasteiger partial charge on any atom is 0.216 e. The average molecular weight is 333 g/mol. The molecule has 2 rings (SSSR count). The lowest BCUT2D eigenvalue weighted by Crippen LogP contribution is -2.28. The molecule has 1 N–H and O–H groups in total. The van der Waals surface area contributed by atoms with Gasteiger partial charge in [-0.15, -0.1) is 0 Å². The van der Waals surface area contributed by atoms with Gasteiger partial charge >= 0.3 is 0 Å². The number of ether oxygens (including phenoxy) is 1. The van der Waals surface area contributed by atoms with E-state index in [1.54, 1.807) is 0 Å². The minimum Gasteiger partial charge on any atom is -0.494 e. The second-order valence-corrected chi connectivity index (χ2v) is 7.34. The van der Waals surface area contributed by atoms with Gasteiger partial charge in [0, 0.05) is 6.04 Å². The standard InChI is InChI=1S/C18H23NO3S/c1-4-22-18-11-9-17(10-12-18)15(3)19-23(20,21)13-16-7-5-14(2)6-8-16/h5-12,15,19H,4,13H2,1-3H3. The lowest BCUT2D eigenvalue weighted by atomic mass is 10.1. The van der Waals surface area contributed by atoms with Crippen molar-refractivity contribution in [3.63, 3.8) is 0 Å². The Morgan fingerprint density at radius 3 is 2.22 bits per heavy atom. The predicted octanol–water partition coefficient (Wildman–Crippen LogP) is 3.57. The minimum absolute atomic E-state index is 0.0192. The molecule has 0 saturated heterocycles. The van der Waals surface area contributed by atoms with Crippen LogP contribution >= 0.6 is 0 Å². The van der Waals surface area contributed by atoms with Crippen LogP contribution in [-0.2, 0) is 15.8 Å². The number of benzene rings is 2. The lowest BCUT2D eigenvalue weighted by molar-refractivity contribution is 0.340. The van der Waals surface area contributed by atoms with E-state index < -0.39 is 10.0 Å². The third kappa shape index (κ3) is 5.37. The van der Waals surface area contributed by atoms with Crippen LogP contribution in [0, 0.1) is 6.92 Å². The van der Waals surface area contributed by atoms with Crippen molar-refractivity contribution in [3.8, 4) is 5.75 Å². The zero-order valence-electron chi connectivity index (χ0n) is 13.7. The molecule has 0 saturated carbocycles. The van der Waals surface area contributed by atoms with Crippen molar-refractivity contribution in [1.29, 1.82) is 0 Å². The fourth-order valence-corrected chi connectivity index (χ4v) is 3.69. The highest BCUT2D eigenvalue weighted by Crippen LogP contribution is 2.19. The van der Waals surface area contributed by atoms with Crippen molar-refractivity contribution < 1.29 is 13.2 Å². The number of sulfonamides is 1. The highest BCUT2D eigenvalue weighted by molar-refractivity contribution is 7.88. The van der Waals surface area contributed by atoms with Gasteiger partial charge in [0.15, 0.2) is 0 Å². The number of rotatable bonds is 7. The van der Waals surface area contributed by atoms with Crippen molar-refractivity contribution in [2.45, 2.75) is 32.6 Å². The van der Waals surface area contributed by atoms with Crippen LogP contribution in [0.1, 0.15) is 36.6 Å². The maximum atomic E-state index is 12.3. The van der Waals surface area contributed by atoms with Gasteiger partial charge in [0.05, 0.1) is 12.4 Å². The SMILES string of the molecule is CCOc1ccc(C(C)NS(=O)(=O)Cc2ccc(C)cc2)cc1. The molecule has 0 aliphatic heterocycles. The predicted molar refractivity (Wildman–Crippen MR) is 93.0 cm³/mol. The number of hydrogen-bond acceptors (Lipinski definition) is 3. The smallest absolute Gasteiger partial charge is 0.216 e. The normalized spacial score (nSPS) is 12.8. The van der Waals surface area contributed by atoms with E-state index in [0.29, 0.717) is 6.61 Å². The fraction of sp³-hybridized carbons (Fsp3) is 0.333. The van der Waals surface area contributed by atoms with E-state index in [1.807, 2.05) is 69.3 Å². The van der Waals surface area contributed by atoms with E-state index >= 15 is 0 Å². The quantitative estimate of drug-likeness (QED) is 0.843. The number of nitrogens with one attached hydrogen (secondary N) is 1. The molecule has 2 aromatic rings. The molecule has 2 aromatic carbocycles. The molecule has 1 unspecified atom stereocenters. The number of hydrogen-bond donors (Lipinski definition) is 1. The minimum atomic E-state index is -3.40. The zero-order chi connectivity index (χ0) is 16.9. The van der Waals surface area contributed by atoms with Crippen LogP contribution in [0.5, 0.6) is 5.75 Å². The fourth-order valence-electron chi connectivity index (χ4n) is 2.30. The lowest BCUT2D eigenvalue weighted by Gasteiger charge is -2.15. The highest BCUT2D eigenvalue weighted by atomic mass is 32.2. The molecule has 0 amide bonds. The van der Waals surface area contributed by atoms with Crippen LogP contribution in [0.4, 0.5) is 0 Å². The molecule has 0 bridgehead atoms. The first-order valence-electron chi connectivity index (χ1n) is 7.68.